The molecule has 0 amide bonds. The van der Waals surface area contributed by atoms with E-state index in [1.807, 2.05) is 0 Å². The van der Waals surface area contributed by atoms with Crippen LogP contribution in [0.4, 0.5) is 0 Å². The molecule has 0 saturated carbocycles. The summed E-state index contributed by atoms with van der Waals surface area (Å²) in [6.07, 6.45) is 46.5. The molecule has 7 heteroatoms. The van der Waals surface area contributed by atoms with Crippen molar-refractivity contribution >= 4 is 18.2 Å². The number of rotatable bonds is 41. The van der Waals surface area contributed by atoms with Gasteiger partial charge in [-0.05, 0) is 76.8 Å². The number of likely N-dealkylation sites (tertiary alicyclic amines) is 1. The minimum Gasteiger partial charge on any atom is -0.484 e. The number of aliphatic hydroxyl groups excluding tert-OH is 1. The Morgan fingerprint density at radius 3 is 1.46 bits per heavy atom. The number of nitrogens with zero attached hydrogens (tertiary/aromatic N) is 1. The van der Waals surface area contributed by atoms with Gasteiger partial charge in [-0.25, -0.2) is 0 Å². The van der Waals surface area contributed by atoms with Crippen LogP contribution in [0.25, 0.3) is 0 Å². The summed E-state index contributed by atoms with van der Waals surface area (Å²) in [6.45, 7) is 20.7. The molecule has 1 rings (SSSR count). The molecule has 1 heterocycles. The van der Waals surface area contributed by atoms with E-state index >= 15 is 0 Å². The van der Waals surface area contributed by atoms with Gasteiger partial charge >= 0.3 is 5.97 Å². The summed E-state index contributed by atoms with van der Waals surface area (Å²) in [5.41, 5.74) is 0. The molecule has 1 aliphatic heterocycles. The highest BCUT2D eigenvalue weighted by molar-refractivity contribution is 5.75. The lowest BCUT2D eigenvalue weighted by Gasteiger charge is -2.14. The summed E-state index contributed by atoms with van der Waals surface area (Å²) < 4.78 is 10.1. The largest absolute Gasteiger partial charge is 0.484 e. The van der Waals surface area contributed by atoms with E-state index < -0.39 is 0 Å². The van der Waals surface area contributed by atoms with Gasteiger partial charge in [0.2, 0.25) is 0 Å². The van der Waals surface area contributed by atoms with Crippen molar-refractivity contribution in [1.29, 1.82) is 5.41 Å². The van der Waals surface area contributed by atoms with E-state index in [-0.39, 0.29) is 11.8 Å². The number of hydrogen-bond acceptors (Lipinski definition) is 7. The Balaban J connectivity index is -0.000000819. The molecule has 0 radical (unpaired) electrons. The topological polar surface area (TPSA) is 99.9 Å². The van der Waals surface area contributed by atoms with E-state index in [0.29, 0.717) is 26.2 Å². The molecule has 0 aromatic carbocycles. The van der Waals surface area contributed by atoms with Crippen LogP contribution in [0, 0.1) is 17.2 Å². The van der Waals surface area contributed by atoms with Gasteiger partial charge in [0.25, 0.3) is 0 Å². The fraction of sp³-hybridized carbons (Fsp3) is 0.944. The fourth-order valence-corrected chi connectivity index (χ4v) is 7.68. The van der Waals surface area contributed by atoms with E-state index in [1.54, 1.807) is 6.92 Å². The van der Waals surface area contributed by atoms with Crippen molar-refractivity contribution in [2.24, 2.45) is 11.8 Å². The summed E-state index contributed by atoms with van der Waals surface area (Å²) in [5.74, 6) is 2.14. The Kier molecular flexibility index (Phi) is 59.2. The molecule has 0 aromatic rings. The molecule has 2 N–H and O–H groups in total. The van der Waals surface area contributed by atoms with Crippen molar-refractivity contribution < 1.29 is 24.2 Å². The lowest BCUT2D eigenvalue weighted by atomic mass is 9.96. The van der Waals surface area contributed by atoms with Crippen molar-refractivity contribution in [3.8, 4) is 0 Å². The predicted octanol–water partition coefficient (Wildman–Crippen LogP) is 16.4. The van der Waals surface area contributed by atoms with Gasteiger partial charge in [-0.2, -0.15) is 0 Å². The highest BCUT2D eigenvalue weighted by Crippen LogP contribution is 2.19. The Morgan fingerprint density at radius 1 is 0.607 bits per heavy atom. The standard InChI is InChI=1S/C22H43NO2.C18H38.C10H19NO2.C4H10O/c1-3-4-5-6-7-8-9-10-14-19-25-22(24)15-12-11-13-17-23-18-16-21(2)20-23;1-4-6-8-10-12-14-16-18(3)17-15-13-11-9-7-5-2;1-10(12)7-5-3-2-4-6-8-13-9-11;1-2-3-4-5/h21H,3-20H2,1-2H3;18H,4-17H2,1-3H3;9,11H,2-8H2,1H3;5H,2-4H2,1H3. The van der Waals surface area contributed by atoms with Gasteiger partial charge < -0.3 is 24.3 Å². The second-order valence-corrected chi connectivity index (χ2v) is 18.6. The number of ketones is 1. The average molecular weight is 867 g/mol. The van der Waals surface area contributed by atoms with Gasteiger partial charge in [-0.15, -0.1) is 0 Å². The number of ether oxygens (including phenoxy) is 2. The fourth-order valence-electron chi connectivity index (χ4n) is 7.68. The number of aliphatic hydroxyl groups is 1. The maximum Gasteiger partial charge on any atom is 0.305 e. The minimum atomic E-state index is 0.00867. The van der Waals surface area contributed by atoms with Crippen LogP contribution in [0.1, 0.15) is 280 Å². The number of hydrogen-bond donors (Lipinski definition) is 2. The number of nitrogens with one attached hydrogen (secondary N) is 1. The first kappa shape index (κ1) is 63.8. The van der Waals surface area contributed by atoms with Crippen LogP contribution < -0.4 is 0 Å². The Hall–Kier alpha value is -1.47. The monoisotopic (exact) mass is 867 g/mol. The maximum absolute atomic E-state index is 11.7. The van der Waals surface area contributed by atoms with Gasteiger partial charge in [0.1, 0.15) is 5.78 Å². The zero-order chi connectivity index (χ0) is 45.7. The van der Waals surface area contributed by atoms with Crippen molar-refractivity contribution in [2.75, 3.05) is 39.5 Å². The SMILES string of the molecule is CC(=O)CCCCCCCOC=N.CCCCCCCCC(C)CCCCCCCC.CCCCCCCCCCCOC(=O)CCCCCN1CCC(C)C1.CCCCO. The lowest BCUT2D eigenvalue weighted by molar-refractivity contribution is -0.143. The molecule has 1 aliphatic rings. The van der Waals surface area contributed by atoms with Crippen molar-refractivity contribution in [3.05, 3.63) is 0 Å². The number of Topliss-reactive ketones (excluding diaryl/α,β-unsaturated/α-hetero) is 1. The van der Waals surface area contributed by atoms with Gasteiger partial charge in [0.15, 0.2) is 6.40 Å². The van der Waals surface area contributed by atoms with Gasteiger partial charge in [0.05, 0.1) is 13.2 Å². The third-order valence-electron chi connectivity index (χ3n) is 11.9. The number of esters is 1. The molecule has 0 spiro atoms. The number of unbranched alkanes of at least 4 members (excludes halogenated alkanes) is 25. The van der Waals surface area contributed by atoms with Crippen LogP contribution in [0.5, 0.6) is 0 Å². The normalized spacial score (nSPS) is 13.4. The maximum atomic E-state index is 11.7. The van der Waals surface area contributed by atoms with Crippen LogP contribution >= 0.6 is 0 Å². The van der Waals surface area contributed by atoms with Crippen molar-refractivity contribution in [3.63, 3.8) is 0 Å². The van der Waals surface area contributed by atoms with Gasteiger partial charge in [-0.3, -0.25) is 10.2 Å². The molecule has 366 valence electrons. The highest BCUT2D eigenvalue weighted by atomic mass is 16.5. The number of carbonyl (C=O) groups is 2. The summed E-state index contributed by atoms with van der Waals surface area (Å²) in [4.78, 5) is 24.8. The Bertz CT molecular complexity index is 837. The highest BCUT2D eigenvalue weighted by Gasteiger charge is 2.17. The molecule has 1 unspecified atom stereocenters. The zero-order valence-electron chi connectivity index (χ0n) is 42.5. The third-order valence-corrected chi connectivity index (χ3v) is 11.9. The third kappa shape index (κ3) is 60.7. The van der Waals surface area contributed by atoms with Crippen LogP contribution in [0.15, 0.2) is 0 Å². The first-order chi connectivity index (χ1) is 29.7. The lowest BCUT2D eigenvalue weighted by Crippen LogP contribution is -2.21. The second kappa shape index (κ2) is 56.5. The van der Waals surface area contributed by atoms with E-state index in [9.17, 15) is 9.59 Å². The average Bonchev–Trinajstić information content (AvgIpc) is 3.67. The van der Waals surface area contributed by atoms with Crippen LogP contribution in [0.3, 0.4) is 0 Å². The van der Waals surface area contributed by atoms with E-state index in [0.717, 1.165) is 88.9 Å². The first-order valence-corrected chi connectivity index (χ1v) is 26.8. The van der Waals surface area contributed by atoms with Crippen LogP contribution in [-0.2, 0) is 19.1 Å². The molecular formula is C54H110N2O5. The zero-order valence-corrected chi connectivity index (χ0v) is 42.5. The van der Waals surface area contributed by atoms with E-state index in [1.165, 1.54) is 174 Å². The second-order valence-electron chi connectivity index (χ2n) is 18.6. The van der Waals surface area contributed by atoms with E-state index in [2.05, 4.69) is 46.4 Å². The summed E-state index contributed by atoms with van der Waals surface area (Å²) in [6, 6.07) is 0. The summed E-state index contributed by atoms with van der Waals surface area (Å²) in [7, 11) is 0. The molecule has 1 fully saturated rings. The quantitative estimate of drug-likeness (QED) is 0.0275. The van der Waals surface area contributed by atoms with Crippen molar-refractivity contribution in [2.45, 2.75) is 280 Å². The number of carbonyl (C=O) groups excluding carboxylic acids is 2. The molecule has 7 nitrogen and oxygen atoms in total. The summed E-state index contributed by atoms with van der Waals surface area (Å²) >= 11 is 0. The predicted molar refractivity (Wildman–Crippen MR) is 267 cm³/mol. The Labute approximate surface area is 382 Å². The van der Waals surface area contributed by atoms with Crippen molar-refractivity contribution in [1.82, 2.24) is 4.90 Å². The van der Waals surface area contributed by atoms with Crippen LogP contribution in [-0.4, -0.2) is 67.6 Å². The van der Waals surface area contributed by atoms with Crippen LogP contribution in [0.2, 0.25) is 0 Å². The molecular weight excluding hydrogens is 757 g/mol. The Morgan fingerprint density at radius 2 is 1.03 bits per heavy atom. The molecule has 0 bridgehead atoms. The minimum absolute atomic E-state index is 0.00867. The smallest absolute Gasteiger partial charge is 0.305 e. The molecule has 1 saturated heterocycles. The molecule has 0 aliphatic carbocycles. The van der Waals surface area contributed by atoms with E-state index in [4.69, 9.17) is 20.0 Å². The van der Waals surface area contributed by atoms with Gasteiger partial charge in [0, 0.05) is 26.0 Å². The first-order valence-electron chi connectivity index (χ1n) is 26.8. The molecule has 0 aromatic heterocycles. The molecule has 61 heavy (non-hydrogen) atoms. The van der Waals surface area contributed by atoms with Gasteiger partial charge in [-0.1, -0.05) is 215 Å². The molecule has 1 atom stereocenters. The summed E-state index contributed by atoms with van der Waals surface area (Å²) in [5, 5.41) is 14.7.